The van der Waals surface area contributed by atoms with Crippen molar-refractivity contribution in [3.8, 4) is 11.1 Å². The Labute approximate surface area is 188 Å². The molecule has 32 heavy (non-hydrogen) atoms. The zero-order valence-electron chi connectivity index (χ0n) is 17.2. The highest BCUT2D eigenvalue weighted by molar-refractivity contribution is 6.30. The molecule has 0 amide bonds. The van der Waals surface area contributed by atoms with Crippen molar-refractivity contribution in [2.75, 3.05) is 0 Å². The molecule has 2 aromatic carbocycles. The number of pyridine rings is 2. The van der Waals surface area contributed by atoms with E-state index in [0.717, 1.165) is 16.5 Å². The van der Waals surface area contributed by atoms with Gasteiger partial charge in [0.15, 0.2) is 5.60 Å². The quantitative estimate of drug-likeness (QED) is 0.435. The van der Waals surface area contributed by atoms with E-state index in [1.165, 1.54) is 0 Å². The van der Waals surface area contributed by atoms with Gasteiger partial charge in [0.1, 0.15) is 0 Å². The number of imidazole rings is 1. The number of H-pyrrole nitrogens is 1. The molecule has 158 valence electrons. The molecule has 2 N–H and O–H groups in total. The van der Waals surface area contributed by atoms with E-state index in [-0.39, 0.29) is 5.56 Å². The number of rotatable bonds is 4. The van der Waals surface area contributed by atoms with Gasteiger partial charge in [-0.25, -0.2) is 4.98 Å². The van der Waals surface area contributed by atoms with Crippen molar-refractivity contribution in [3.63, 3.8) is 0 Å². The monoisotopic (exact) mass is 442 g/mol. The summed E-state index contributed by atoms with van der Waals surface area (Å²) in [5.41, 5.74) is 1.92. The second-order valence-electron chi connectivity index (χ2n) is 7.62. The largest absolute Gasteiger partial charge is 0.374 e. The molecule has 1 unspecified atom stereocenters. The Bertz CT molecular complexity index is 1480. The van der Waals surface area contributed by atoms with E-state index in [1.807, 2.05) is 37.4 Å². The summed E-state index contributed by atoms with van der Waals surface area (Å²) in [7, 11) is 1.82. The second-order valence-corrected chi connectivity index (χ2v) is 8.06. The normalized spacial score (nSPS) is 13.2. The molecule has 0 saturated carbocycles. The lowest BCUT2D eigenvalue weighted by Gasteiger charge is -2.31. The first-order valence-corrected chi connectivity index (χ1v) is 10.4. The van der Waals surface area contributed by atoms with Crippen LogP contribution >= 0.6 is 11.6 Å². The lowest BCUT2D eigenvalue weighted by Crippen LogP contribution is -2.32. The molecule has 3 heterocycles. The maximum atomic E-state index is 12.7. The number of nitrogens with zero attached hydrogens (tertiary/aromatic N) is 3. The van der Waals surface area contributed by atoms with Crippen LogP contribution in [0.5, 0.6) is 0 Å². The molecule has 5 aromatic rings. The third-order valence-corrected chi connectivity index (χ3v) is 5.94. The van der Waals surface area contributed by atoms with Crippen LogP contribution in [0.2, 0.25) is 5.02 Å². The molecular weight excluding hydrogens is 424 g/mol. The predicted octanol–water partition coefficient (Wildman–Crippen LogP) is 4.26. The third kappa shape index (κ3) is 3.21. The van der Waals surface area contributed by atoms with Gasteiger partial charge in [0, 0.05) is 47.0 Å². The zero-order valence-corrected chi connectivity index (χ0v) is 17.9. The van der Waals surface area contributed by atoms with Crippen LogP contribution in [-0.2, 0) is 12.6 Å². The Hall–Kier alpha value is -3.74. The minimum absolute atomic E-state index is 0.271. The minimum atomic E-state index is -1.59. The van der Waals surface area contributed by atoms with Crippen molar-refractivity contribution in [3.05, 3.63) is 118 Å². The first kappa shape index (κ1) is 20.2. The van der Waals surface area contributed by atoms with Crippen molar-refractivity contribution in [1.29, 1.82) is 0 Å². The van der Waals surface area contributed by atoms with Crippen LogP contribution in [0.25, 0.3) is 22.0 Å². The molecule has 3 aromatic heterocycles. The lowest BCUT2D eigenvalue weighted by atomic mass is 9.82. The van der Waals surface area contributed by atoms with Gasteiger partial charge in [0.05, 0.1) is 23.7 Å². The number of aromatic amines is 1. The standard InChI is InChI=1S/C25H19ClN4O2/c1-30-15-28-14-22(30)25(32,17-7-9-18(26)10-8-17)21-6-2-5-19-20(12-23(31)29-24(19)21)16-4-3-11-27-13-16/h2-15,32H,1H3,(H,29,31). The molecule has 0 radical (unpaired) electrons. The van der Waals surface area contributed by atoms with Gasteiger partial charge in [-0.15, -0.1) is 0 Å². The van der Waals surface area contributed by atoms with Crippen LogP contribution in [0.15, 0.2) is 90.4 Å². The number of benzene rings is 2. The third-order valence-electron chi connectivity index (χ3n) is 5.69. The number of halogens is 1. The van der Waals surface area contributed by atoms with Gasteiger partial charge in [0.2, 0.25) is 5.56 Å². The number of hydrogen-bond acceptors (Lipinski definition) is 4. The second kappa shape index (κ2) is 7.75. The highest BCUT2D eigenvalue weighted by Crippen LogP contribution is 2.40. The van der Waals surface area contributed by atoms with E-state index in [4.69, 9.17) is 11.6 Å². The fraction of sp³-hybridized carbons (Fsp3) is 0.0800. The average molecular weight is 443 g/mol. The summed E-state index contributed by atoms with van der Waals surface area (Å²) in [5, 5.41) is 13.7. The number of aryl methyl sites for hydroxylation is 1. The van der Waals surface area contributed by atoms with Gasteiger partial charge in [-0.3, -0.25) is 9.78 Å². The van der Waals surface area contributed by atoms with Crippen molar-refractivity contribution in [2.45, 2.75) is 5.60 Å². The number of hydrogen-bond donors (Lipinski definition) is 2. The highest BCUT2D eigenvalue weighted by Gasteiger charge is 2.38. The summed E-state index contributed by atoms with van der Waals surface area (Å²) >= 11 is 6.12. The number of aliphatic hydroxyl groups is 1. The topological polar surface area (TPSA) is 83.8 Å². The lowest BCUT2D eigenvalue weighted by molar-refractivity contribution is 0.119. The van der Waals surface area contributed by atoms with Crippen LogP contribution in [0.1, 0.15) is 16.8 Å². The zero-order chi connectivity index (χ0) is 22.3. The van der Waals surface area contributed by atoms with Crippen molar-refractivity contribution < 1.29 is 5.11 Å². The van der Waals surface area contributed by atoms with E-state index >= 15 is 0 Å². The summed E-state index contributed by atoms with van der Waals surface area (Å²) < 4.78 is 1.76. The molecule has 0 aliphatic heterocycles. The summed E-state index contributed by atoms with van der Waals surface area (Å²) in [6.07, 6.45) is 6.65. The fourth-order valence-electron chi connectivity index (χ4n) is 4.18. The molecule has 6 nitrogen and oxygen atoms in total. The number of nitrogens with one attached hydrogen (secondary N) is 1. The molecule has 0 fully saturated rings. The van der Waals surface area contributed by atoms with Gasteiger partial charge in [-0.2, -0.15) is 0 Å². The van der Waals surface area contributed by atoms with E-state index < -0.39 is 5.60 Å². The van der Waals surface area contributed by atoms with E-state index in [1.54, 1.807) is 59.8 Å². The fourth-order valence-corrected chi connectivity index (χ4v) is 4.31. The Morgan fingerprint density at radius 3 is 2.53 bits per heavy atom. The van der Waals surface area contributed by atoms with Crippen LogP contribution in [0.3, 0.4) is 0 Å². The van der Waals surface area contributed by atoms with Crippen molar-refractivity contribution in [1.82, 2.24) is 19.5 Å². The number of aromatic nitrogens is 4. The summed E-state index contributed by atoms with van der Waals surface area (Å²) in [5.74, 6) is 0. The van der Waals surface area contributed by atoms with E-state index in [2.05, 4.69) is 15.0 Å². The molecule has 0 saturated heterocycles. The first-order chi connectivity index (χ1) is 15.5. The van der Waals surface area contributed by atoms with Gasteiger partial charge < -0.3 is 14.7 Å². The van der Waals surface area contributed by atoms with Gasteiger partial charge in [0.25, 0.3) is 0 Å². The van der Waals surface area contributed by atoms with Crippen molar-refractivity contribution in [2.24, 2.45) is 7.05 Å². The SMILES string of the molecule is Cn1cncc1C(O)(c1ccc(Cl)cc1)c1cccc2c(-c3cccnc3)cc(=O)[nH]c12. The van der Waals surface area contributed by atoms with Crippen LogP contribution in [0, 0.1) is 0 Å². The average Bonchev–Trinajstić information content (AvgIpc) is 3.25. The predicted molar refractivity (Wildman–Crippen MR) is 125 cm³/mol. The number of fused-ring (bicyclic) bond motifs is 1. The van der Waals surface area contributed by atoms with Crippen LogP contribution in [0.4, 0.5) is 0 Å². The Morgan fingerprint density at radius 1 is 1.03 bits per heavy atom. The molecule has 0 aliphatic carbocycles. The van der Waals surface area contributed by atoms with E-state index in [9.17, 15) is 9.90 Å². The maximum Gasteiger partial charge on any atom is 0.249 e. The van der Waals surface area contributed by atoms with Crippen molar-refractivity contribution >= 4 is 22.5 Å². The minimum Gasteiger partial charge on any atom is -0.374 e. The van der Waals surface area contributed by atoms with Gasteiger partial charge in [-0.1, -0.05) is 48.0 Å². The molecule has 7 heteroatoms. The Morgan fingerprint density at radius 2 is 1.84 bits per heavy atom. The molecule has 0 aliphatic rings. The van der Waals surface area contributed by atoms with E-state index in [0.29, 0.717) is 27.4 Å². The van der Waals surface area contributed by atoms with Gasteiger partial charge >= 0.3 is 0 Å². The van der Waals surface area contributed by atoms with Gasteiger partial charge in [-0.05, 0) is 29.3 Å². The smallest absolute Gasteiger partial charge is 0.249 e. The summed E-state index contributed by atoms with van der Waals surface area (Å²) in [4.78, 5) is 24.1. The molecule has 0 bridgehead atoms. The first-order valence-electron chi connectivity index (χ1n) is 10.0. The molecule has 1 atom stereocenters. The Kier molecular flexibility index (Phi) is 4.89. The maximum absolute atomic E-state index is 12.7. The molecular formula is C25H19ClN4O2. The number of para-hydroxylation sites is 1. The highest BCUT2D eigenvalue weighted by atomic mass is 35.5. The van der Waals surface area contributed by atoms with Crippen LogP contribution < -0.4 is 5.56 Å². The van der Waals surface area contributed by atoms with Crippen LogP contribution in [-0.4, -0.2) is 24.6 Å². The summed E-state index contributed by atoms with van der Waals surface area (Å²) in [6, 6.07) is 17.9. The Balaban J connectivity index is 1.87. The molecule has 0 spiro atoms. The molecule has 5 rings (SSSR count). The summed E-state index contributed by atoms with van der Waals surface area (Å²) in [6.45, 7) is 0.